The molecule has 0 saturated heterocycles. The fraction of sp³-hybridized carbons (Fsp3) is 0.333. The minimum atomic E-state index is -3.96. The Balaban J connectivity index is 1.70. The van der Waals surface area contributed by atoms with Crippen molar-refractivity contribution in [2.24, 2.45) is 0 Å². The molecule has 11 heteroatoms. The quantitative estimate of drug-likeness (QED) is 0.311. The van der Waals surface area contributed by atoms with E-state index >= 15 is 0 Å². The van der Waals surface area contributed by atoms with Gasteiger partial charge < -0.3 is 9.47 Å². The van der Waals surface area contributed by atoms with Crippen LogP contribution >= 0.6 is 11.6 Å². The van der Waals surface area contributed by atoms with E-state index in [-0.39, 0.29) is 22.8 Å². The second-order valence-electron chi connectivity index (χ2n) is 9.72. The Hall–Kier alpha value is -2.79. The molecule has 3 aromatic carbocycles. The fourth-order valence-electron chi connectivity index (χ4n) is 3.68. The predicted molar refractivity (Wildman–Crippen MR) is 151 cm³/mol. The molecule has 0 heterocycles. The second-order valence-corrected chi connectivity index (χ2v) is 13.7. The molecular weight excluding hydrogens is 548 g/mol. The molecule has 3 aromatic rings. The molecular formula is C27H33ClN2O6S2. The Morgan fingerprint density at radius 1 is 0.895 bits per heavy atom. The molecule has 0 aliphatic rings. The van der Waals surface area contributed by atoms with Gasteiger partial charge in [-0.2, -0.15) is 0 Å². The molecule has 38 heavy (non-hydrogen) atoms. The van der Waals surface area contributed by atoms with Crippen molar-refractivity contribution in [3.05, 3.63) is 82.9 Å². The van der Waals surface area contributed by atoms with Crippen molar-refractivity contribution in [3.8, 4) is 11.5 Å². The highest BCUT2D eigenvalue weighted by molar-refractivity contribution is 7.93. The van der Waals surface area contributed by atoms with E-state index in [0.717, 1.165) is 11.3 Å². The number of ether oxygens (including phenoxy) is 2. The summed E-state index contributed by atoms with van der Waals surface area (Å²) in [5, 5.41) is 0.469. The number of nitrogens with one attached hydrogen (secondary N) is 2. The molecule has 0 fully saturated rings. The molecule has 0 atom stereocenters. The van der Waals surface area contributed by atoms with E-state index in [1.807, 2.05) is 24.3 Å². The Morgan fingerprint density at radius 2 is 1.63 bits per heavy atom. The standard InChI is InChI=1S/C27H33ClN2O6S2/c1-27(2,3)30-38(33,34)26-11-6-5-10-24(26)29-37(31,32)17-15-21-12-13-22(28)19-25(21)36-16-14-20-8-7-9-23(18-20)35-4/h5-13,18-19,29-30H,14-17H2,1-4H3. The van der Waals surface area contributed by atoms with Crippen molar-refractivity contribution in [2.75, 3.05) is 24.2 Å². The van der Waals surface area contributed by atoms with Gasteiger partial charge in [0, 0.05) is 17.0 Å². The SMILES string of the molecule is COc1cccc(CCOc2cc(Cl)ccc2CCS(=O)(=O)Nc2ccccc2S(=O)(=O)NC(C)(C)C)c1. The summed E-state index contributed by atoms with van der Waals surface area (Å²) in [7, 11) is -6.25. The monoisotopic (exact) mass is 580 g/mol. The molecule has 0 unspecified atom stereocenters. The smallest absolute Gasteiger partial charge is 0.243 e. The Morgan fingerprint density at radius 3 is 2.34 bits per heavy atom. The number of halogens is 1. The molecule has 2 N–H and O–H groups in total. The maximum atomic E-state index is 13.0. The average molecular weight is 581 g/mol. The molecule has 0 spiro atoms. The molecule has 0 aliphatic carbocycles. The molecule has 0 radical (unpaired) electrons. The number of aryl methyl sites for hydroxylation is 1. The van der Waals surface area contributed by atoms with Gasteiger partial charge in [-0.1, -0.05) is 41.9 Å². The number of para-hydroxylation sites is 1. The van der Waals surface area contributed by atoms with E-state index in [1.54, 1.807) is 52.1 Å². The van der Waals surface area contributed by atoms with Crippen LogP contribution in [0.3, 0.4) is 0 Å². The van der Waals surface area contributed by atoms with Crippen LogP contribution in [0.2, 0.25) is 5.02 Å². The zero-order valence-corrected chi connectivity index (χ0v) is 24.2. The Kier molecular flexibility index (Phi) is 9.69. The zero-order chi connectivity index (χ0) is 28.0. The third-order valence-electron chi connectivity index (χ3n) is 5.33. The minimum absolute atomic E-state index is 0.0184. The summed E-state index contributed by atoms with van der Waals surface area (Å²) in [4.78, 5) is -0.147. The first-order valence-corrected chi connectivity index (χ1v) is 15.5. The van der Waals surface area contributed by atoms with Crippen molar-refractivity contribution in [3.63, 3.8) is 0 Å². The lowest BCUT2D eigenvalue weighted by molar-refractivity contribution is 0.318. The zero-order valence-electron chi connectivity index (χ0n) is 21.8. The van der Waals surface area contributed by atoms with E-state index in [2.05, 4.69) is 9.44 Å². The number of hydrogen-bond donors (Lipinski definition) is 2. The van der Waals surface area contributed by atoms with E-state index in [4.69, 9.17) is 21.1 Å². The maximum Gasteiger partial charge on any atom is 0.243 e. The topological polar surface area (TPSA) is 111 Å². The number of sulfonamides is 2. The van der Waals surface area contributed by atoms with Crippen LogP contribution < -0.4 is 18.9 Å². The predicted octanol–water partition coefficient (Wildman–Crippen LogP) is 5.03. The fourth-order valence-corrected chi connectivity index (χ4v) is 6.60. The first-order valence-electron chi connectivity index (χ1n) is 12.0. The summed E-state index contributed by atoms with van der Waals surface area (Å²) in [5.74, 6) is 0.960. The van der Waals surface area contributed by atoms with E-state index in [9.17, 15) is 16.8 Å². The van der Waals surface area contributed by atoms with Gasteiger partial charge in [0.1, 0.15) is 16.4 Å². The first-order chi connectivity index (χ1) is 17.8. The number of methoxy groups -OCH3 is 1. The lowest BCUT2D eigenvalue weighted by Gasteiger charge is -2.21. The molecule has 0 aromatic heterocycles. The summed E-state index contributed by atoms with van der Waals surface area (Å²) >= 11 is 6.17. The third-order valence-corrected chi connectivity index (χ3v) is 8.66. The van der Waals surface area contributed by atoms with Gasteiger partial charge in [-0.25, -0.2) is 21.6 Å². The van der Waals surface area contributed by atoms with Crippen LogP contribution in [0.4, 0.5) is 5.69 Å². The van der Waals surface area contributed by atoms with Gasteiger partial charge in [0.2, 0.25) is 20.0 Å². The van der Waals surface area contributed by atoms with Crippen LogP contribution in [-0.2, 0) is 32.9 Å². The number of hydrogen-bond acceptors (Lipinski definition) is 6. The van der Waals surface area contributed by atoms with Gasteiger partial charge in [-0.3, -0.25) is 4.72 Å². The molecule has 206 valence electrons. The van der Waals surface area contributed by atoms with Gasteiger partial charge in [0.15, 0.2) is 0 Å². The second kappa shape index (κ2) is 12.4. The van der Waals surface area contributed by atoms with Crippen molar-refractivity contribution < 1.29 is 26.3 Å². The van der Waals surface area contributed by atoms with Crippen LogP contribution in [0, 0.1) is 0 Å². The van der Waals surface area contributed by atoms with Gasteiger partial charge in [0.05, 0.1) is 25.2 Å². The van der Waals surface area contributed by atoms with Gasteiger partial charge in [0.25, 0.3) is 0 Å². The highest BCUT2D eigenvalue weighted by atomic mass is 35.5. The lowest BCUT2D eigenvalue weighted by Crippen LogP contribution is -2.40. The van der Waals surface area contributed by atoms with Crippen LogP contribution in [0.25, 0.3) is 0 Å². The highest BCUT2D eigenvalue weighted by Crippen LogP contribution is 2.27. The molecule has 0 saturated carbocycles. The molecule has 0 bridgehead atoms. The van der Waals surface area contributed by atoms with Crippen molar-refractivity contribution >= 4 is 37.3 Å². The Bertz CT molecular complexity index is 1470. The highest BCUT2D eigenvalue weighted by Gasteiger charge is 2.26. The van der Waals surface area contributed by atoms with Gasteiger partial charge in [-0.05, 0) is 74.7 Å². The minimum Gasteiger partial charge on any atom is -0.497 e. The van der Waals surface area contributed by atoms with Crippen LogP contribution in [0.1, 0.15) is 31.9 Å². The molecule has 0 amide bonds. The van der Waals surface area contributed by atoms with Gasteiger partial charge >= 0.3 is 0 Å². The third kappa shape index (κ3) is 8.90. The van der Waals surface area contributed by atoms with Crippen molar-refractivity contribution in [2.45, 2.75) is 44.0 Å². The average Bonchev–Trinajstić information content (AvgIpc) is 2.82. The Labute approximate surface area is 230 Å². The van der Waals surface area contributed by atoms with Crippen LogP contribution in [0.15, 0.2) is 71.6 Å². The van der Waals surface area contributed by atoms with Crippen LogP contribution in [0.5, 0.6) is 11.5 Å². The van der Waals surface area contributed by atoms with E-state index in [1.165, 1.54) is 18.2 Å². The summed E-state index contributed by atoms with van der Waals surface area (Å²) in [5.41, 5.74) is 0.952. The lowest BCUT2D eigenvalue weighted by atomic mass is 10.1. The van der Waals surface area contributed by atoms with Crippen molar-refractivity contribution in [1.82, 2.24) is 4.72 Å². The maximum absolute atomic E-state index is 13.0. The summed E-state index contributed by atoms with van der Waals surface area (Å²) < 4.78 is 67.9. The molecule has 3 rings (SSSR count). The number of rotatable bonds is 12. The summed E-state index contributed by atoms with van der Waals surface area (Å²) in [6.45, 7) is 5.48. The summed E-state index contributed by atoms with van der Waals surface area (Å²) in [6.07, 6.45) is 0.757. The van der Waals surface area contributed by atoms with Crippen LogP contribution in [-0.4, -0.2) is 41.8 Å². The molecule has 8 nitrogen and oxygen atoms in total. The molecule has 0 aliphatic heterocycles. The van der Waals surface area contributed by atoms with E-state index < -0.39 is 25.6 Å². The summed E-state index contributed by atoms with van der Waals surface area (Å²) in [6, 6.07) is 18.6. The van der Waals surface area contributed by atoms with Gasteiger partial charge in [-0.15, -0.1) is 0 Å². The number of benzene rings is 3. The number of anilines is 1. The largest absolute Gasteiger partial charge is 0.497 e. The van der Waals surface area contributed by atoms with E-state index in [0.29, 0.717) is 29.4 Å². The first kappa shape index (κ1) is 29.8. The normalized spacial score (nSPS) is 12.2. The van der Waals surface area contributed by atoms with Crippen molar-refractivity contribution in [1.29, 1.82) is 0 Å².